The standard InChI is InChI=1S/C15H27NO12/c1-5(19)16-8-13(28(2)24)12(7(4-18)25-14(8)23)27-15-11(22)10(21)9(20)6(3-17)26-15/h6-15,17-18,20-24H,3-4H2,1-2H3/p+1/t6-,7-,8-,9+,10+,11-,12-,13-,14+,15+/m1/s1. The van der Waals surface area contributed by atoms with Gasteiger partial charge in [0.05, 0.1) is 13.2 Å². The van der Waals surface area contributed by atoms with E-state index >= 15 is 0 Å². The van der Waals surface area contributed by atoms with Gasteiger partial charge < -0.3 is 50.2 Å². The summed E-state index contributed by atoms with van der Waals surface area (Å²) in [4.78, 5) is 11.5. The fraction of sp³-hybridized carbons (Fsp3) is 0.933. The molecule has 0 unspecified atom stereocenters. The molecule has 0 aliphatic carbocycles. The smallest absolute Gasteiger partial charge is 0.248 e. The van der Waals surface area contributed by atoms with Crippen LogP contribution in [0.5, 0.6) is 0 Å². The summed E-state index contributed by atoms with van der Waals surface area (Å²) < 4.78 is 17.7. The highest BCUT2D eigenvalue weighted by atomic mass is 17.2. The van der Waals surface area contributed by atoms with Gasteiger partial charge in [0.1, 0.15) is 30.5 Å². The number of amides is 1. The third kappa shape index (κ3) is 4.77. The van der Waals surface area contributed by atoms with Crippen LogP contribution in [0.25, 0.3) is 0 Å². The number of nitrogens with one attached hydrogen (secondary N) is 1. The van der Waals surface area contributed by atoms with Crippen molar-refractivity contribution in [1.82, 2.24) is 5.32 Å². The van der Waals surface area contributed by atoms with Crippen LogP contribution in [0.1, 0.15) is 6.92 Å². The van der Waals surface area contributed by atoms with E-state index in [0.29, 0.717) is 0 Å². The van der Waals surface area contributed by atoms with Crippen LogP contribution < -0.4 is 5.32 Å². The second-order valence-corrected chi connectivity index (χ2v) is 6.76. The number of aliphatic hydroxyl groups is 6. The third-order valence-corrected chi connectivity index (χ3v) is 4.75. The summed E-state index contributed by atoms with van der Waals surface area (Å²) in [6, 6.07) is -1.21. The largest absolute Gasteiger partial charge is 0.394 e. The summed E-state index contributed by atoms with van der Waals surface area (Å²) in [5, 5.41) is 71.3. The van der Waals surface area contributed by atoms with Crippen molar-refractivity contribution >= 4 is 5.91 Å². The van der Waals surface area contributed by atoms with E-state index in [2.05, 4.69) is 5.32 Å². The second kappa shape index (κ2) is 9.69. The van der Waals surface area contributed by atoms with Gasteiger partial charge in [0.15, 0.2) is 31.8 Å². The highest BCUT2D eigenvalue weighted by molar-refractivity contribution is 5.73. The van der Waals surface area contributed by atoms with Crippen LogP contribution in [0, 0.1) is 0 Å². The molecule has 2 heterocycles. The third-order valence-electron chi connectivity index (χ3n) is 4.75. The zero-order chi connectivity index (χ0) is 21.2. The Hall–Kier alpha value is -0.970. The molecule has 28 heavy (non-hydrogen) atoms. The maximum absolute atomic E-state index is 11.5. The lowest BCUT2D eigenvalue weighted by Gasteiger charge is -2.46. The Labute approximate surface area is 160 Å². The molecule has 164 valence electrons. The fourth-order valence-corrected chi connectivity index (χ4v) is 3.36. The Morgan fingerprint density at radius 1 is 1.04 bits per heavy atom. The quantitative estimate of drug-likeness (QED) is 0.118. The van der Waals surface area contributed by atoms with E-state index in [-0.39, 0.29) is 0 Å². The first-order valence-corrected chi connectivity index (χ1v) is 8.63. The summed E-state index contributed by atoms with van der Waals surface area (Å²) >= 11 is 0. The van der Waals surface area contributed by atoms with Gasteiger partial charge in [0, 0.05) is 6.92 Å². The van der Waals surface area contributed by atoms with Crippen molar-refractivity contribution in [1.29, 1.82) is 0 Å². The maximum Gasteiger partial charge on any atom is 0.248 e. The molecule has 2 aliphatic heterocycles. The number of carbonyl (C=O) groups is 1. The number of aliphatic hydroxyl groups excluding tert-OH is 6. The van der Waals surface area contributed by atoms with Gasteiger partial charge in [0.25, 0.3) is 0 Å². The number of hydrogen-bond acceptors (Lipinski definition) is 11. The van der Waals surface area contributed by atoms with Gasteiger partial charge >= 0.3 is 0 Å². The molecular formula is C15H28NO12+. The monoisotopic (exact) mass is 414 g/mol. The topological polar surface area (TPSA) is 201 Å². The maximum atomic E-state index is 11.5. The molecule has 0 aromatic heterocycles. The van der Waals surface area contributed by atoms with Gasteiger partial charge in [-0.25, -0.2) is 4.52 Å². The van der Waals surface area contributed by atoms with Crippen LogP contribution in [-0.4, -0.2) is 123 Å². The molecule has 0 spiro atoms. The molecule has 8 N–H and O–H groups in total. The molecule has 0 aromatic carbocycles. The minimum atomic E-state index is -1.74. The second-order valence-electron chi connectivity index (χ2n) is 6.76. The molecule has 13 heteroatoms. The van der Waals surface area contributed by atoms with Crippen LogP contribution in [0.4, 0.5) is 0 Å². The minimum Gasteiger partial charge on any atom is -0.394 e. The molecule has 2 aliphatic rings. The van der Waals surface area contributed by atoms with Crippen LogP contribution in [-0.2, 0) is 23.5 Å². The highest BCUT2D eigenvalue weighted by Gasteiger charge is 2.56. The van der Waals surface area contributed by atoms with Crippen molar-refractivity contribution in [3.05, 3.63) is 0 Å². The SMILES string of the molecule is CC(=O)N[C@@H]1[C@@H]([O+](C)O)[C@H](O[C@@H]2O[C@H](CO)[C@H](O)[C@H](O)[C@H]2O)[C@@H](CO)O[C@@H]1O. The first-order chi connectivity index (χ1) is 13.1. The van der Waals surface area contributed by atoms with Crippen molar-refractivity contribution in [2.75, 3.05) is 20.3 Å². The lowest BCUT2D eigenvalue weighted by Crippen LogP contribution is -2.69. The Balaban J connectivity index is 2.28. The van der Waals surface area contributed by atoms with Crippen LogP contribution in [0.15, 0.2) is 0 Å². The van der Waals surface area contributed by atoms with E-state index in [1.54, 1.807) is 4.52 Å². The van der Waals surface area contributed by atoms with E-state index in [9.17, 15) is 40.7 Å². The predicted octanol–water partition coefficient (Wildman–Crippen LogP) is -4.59. The Morgan fingerprint density at radius 3 is 2.14 bits per heavy atom. The Morgan fingerprint density at radius 2 is 1.64 bits per heavy atom. The van der Waals surface area contributed by atoms with Gasteiger partial charge in [-0.2, -0.15) is 0 Å². The summed E-state index contributed by atoms with van der Waals surface area (Å²) in [6.07, 6.45) is -13.2. The van der Waals surface area contributed by atoms with Crippen molar-refractivity contribution < 1.29 is 59.4 Å². The van der Waals surface area contributed by atoms with Gasteiger partial charge in [0.2, 0.25) is 12.0 Å². The van der Waals surface area contributed by atoms with Crippen molar-refractivity contribution in [2.24, 2.45) is 0 Å². The van der Waals surface area contributed by atoms with Gasteiger partial charge in [-0.1, -0.05) is 0 Å². The van der Waals surface area contributed by atoms with Crippen molar-refractivity contribution in [2.45, 2.75) is 68.3 Å². The normalized spacial score (nSPS) is 44.5. The summed E-state index contributed by atoms with van der Waals surface area (Å²) in [5.74, 6) is -0.547. The average molecular weight is 414 g/mol. The van der Waals surface area contributed by atoms with E-state index in [4.69, 9.17) is 14.2 Å². The minimum absolute atomic E-state index is 0.547. The van der Waals surface area contributed by atoms with Crippen LogP contribution in [0.2, 0.25) is 0 Å². The fourth-order valence-electron chi connectivity index (χ4n) is 3.36. The van der Waals surface area contributed by atoms with E-state index in [1.165, 1.54) is 6.92 Å². The number of carbonyl (C=O) groups excluding carboxylic acids is 1. The number of ether oxygens (including phenoxy) is 3. The lowest BCUT2D eigenvalue weighted by atomic mass is 9.95. The molecule has 13 nitrogen and oxygen atoms in total. The van der Waals surface area contributed by atoms with Gasteiger partial charge in [-0.3, -0.25) is 4.79 Å². The van der Waals surface area contributed by atoms with Crippen molar-refractivity contribution in [3.8, 4) is 0 Å². The molecule has 0 bridgehead atoms. The molecular weight excluding hydrogens is 386 g/mol. The highest BCUT2D eigenvalue weighted by Crippen LogP contribution is 2.31. The molecule has 2 saturated heterocycles. The van der Waals surface area contributed by atoms with E-state index in [0.717, 1.165) is 7.11 Å². The first kappa shape index (κ1) is 23.3. The Kier molecular flexibility index (Phi) is 8.06. The number of rotatable bonds is 6. The van der Waals surface area contributed by atoms with Gasteiger partial charge in [-0.05, 0) is 0 Å². The molecule has 1 amide bonds. The van der Waals surface area contributed by atoms with Crippen LogP contribution in [0.3, 0.4) is 0 Å². The van der Waals surface area contributed by atoms with Crippen molar-refractivity contribution in [3.63, 3.8) is 0 Å². The zero-order valence-electron chi connectivity index (χ0n) is 15.4. The molecule has 10 atom stereocenters. The summed E-state index contributed by atoms with van der Waals surface area (Å²) in [6.45, 7) is -0.172. The molecule has 0 saturated carbocycles. The molecule has 0 radical (unpaired) electrons. The summed E-state index contributed by atoms with van der Waals surface area (Å²) in [7, 11) is 1.13. The number of hydrogen-bond donors (Lipinski definition) is 8. The van der Waals surface area contributed by atoms with Crippen LogP contribution >= 0.6 is 0 Å². The lowest BCUT2D eigenvalue weighted by molar-refractivity contribution is -0.479. The van der Waals surface area contributed by atoms with E-state index < -0.39 is 80.5 Å². The predicted molar refractivity (Wildman–Crippen MR) is 87.6 cm³/mol. The van der Waals surface area contributed by atoms with E-state index in [1.807, 2.05) is 0 Å². The summed E-state index contributed by atoms with van der Waals surface area (Å²) in [5.41, 5.74) is 0. The Bertz CT molecular complexity index is 519. The molecule has 2 fully saturated rings. The zero-order valence-corrected chi connectivity index (χ0v) is 15.4. The molecule has 0 aromatic rings. The average Bonchev–Trinajstić information content (AvgIpc) is 2.63. The molecule has 2 rings (SSSR count). The van der Waals surface area contributed by atoms with Gasteiger partial charge in [-0.15, -0.1) is 5.26 Å². The first-order valence-electron chi connectivity index (χ1n) is 8.63.